The minimum Gasteiger partial charge on any atom is -0.505 e. The van der Waals surface area contributed by atoms with Crippen LogP contribution in [0.1, 0.15) is 12.5 Å². The molecular formula is C13H19FN2O3. The molecule has 19 heavy (non-hydrogen) atoms. The zero-order valence-corrected chi connectivity index (χ0v) is 11.1. The van der Waals surface area contributed by atoms with E-state index in [4.69, 9.17) is 9.84 Å². The number of carbonyl (C=O) groups is 1. The van der Waals surface area contributed by atoms with E-state index >= 15 is 0 Å². The van der Waals surface area contributed by atoms with E-state index in [-0.39, 0.29) is 11.7 Å². The Balaban J connectivity index is 2.38. The summed E-state index contributed by atoms with van der Waals surface area (Å²) in [4.78, 5) is 11.6. The van der Waals surface area contributed by atoms with Crippen molar-refractivity contribution in [2.75, 3.05) is 20.3 Å². The molecule has 0 bridgehead atoms. The molecule has 0 radical (unpaired) electrons. The predicted octanol–water partition coefficient (Wildman–Crippen LogP) is 0.772. The monoisotopic (exact) mass is 270 g/mol. The van der Waals surface area contributed by atoms with Crippen LogP contribution in [-0.2, 0) is 16.1 Å². The van der Waals surface area contributed by atoms with E-state index in [0.717, 1.165) is 0 Å². The smallest absolute Gasteiger partial charge is 0.236 e. The van der Waals surface area contributed by atoms with Crippen molar-refractivity contribution >= 4 is 5.91 Å². The Hall–Kier alpha value is -1.66. The molecule has 6 heteroatoms. The lowest BCUT2D eigenvalue weighted by molar-refractivity contribution is -0.122. The van der Waals surface area contributed by atoms with Crippen molar-refractivity contribution in [3.05, 3.63) is 29.6 Å². The van der Waals surface area contributed by atoms with Crippen LogP contribution in [0.5, 0.6) is 5.75 Å². The van der Waals surface area contributed by atoms with E-state index in [1.165, 1.54) is 12.1 Å². The number of halogens is 1. The number of benzene rings is 1. The number of phenols is 1. The summed E-state index contributed by atoms with van der Waals surface area (Å²) in [6, 6.07) is 3.72. The van der Waals surface area contributed by atoms with Gasteiger partial charge in [0.25, 0.3) is 0 Å². The topological polar surface area (TPSA) is 70.6 Å². The first-order valence-corrected chi connectivity index (χ1v) is 6.02. The molecule has 5 nitrogen and oxygen atoms in total. The summed E-state index contributed by atoms with van der Waals surface area (Å²) in [5.74, 6) is -1.19. The highest BCUT2D eigenvalue weighted by atomic mass is 19.1. The zero-order valence-electron chi connectivity index (χ0n) is 11.1. The molecule has 0 saturated heterocycles. The molecule has 1 aromatic rings. The van der Waals surface area contributed by atoms with E-state index in [1.54, 1.807) is 20.1 Å². The molecule has 0 fully saturated rings. The third kappa shape index (κ3) is 5.23. The van der Waals surface area contributed by atoms with E-state index in [9.17, 15) is 9.18 Å². The number of rotatable bonds is 7. The first kappa shape index (κ1) is 15.4. The van der Waals surface area contributed by atoms with Crippen molar-refractivity contribution in [2.24, 2.45) is 0 Å². The van der Waals surface area contributed by atoms with Crippen molar-refractivity contribution in [3.63, 3.8) is 0 Å². The van der Waals surface area contributed by atoms with Crippen LogP contribution in [0.15, 0.2) is 18.2 Å². The molecule has 0 spiro atoms. The molecule has 1 rings (SSSR count). The highest BCUT2D eigenvalue weighted by molar-refractivity contribution is 5.81. The summed E-state index contributed by atoms with van der Waals surface area (Å²) in [7, 11) is 1.56. The minimum atomic E-state index is -0.670. The van der Waals surface area contributed by atoms with Crippen molar-refractivity contribution in [2.45, 2.75) is 19.5 Å². The quantitative estimate of drug-likeness (QED) is 0.640. The summed E-state index contributed by atoms with van der Waals surface area (Å²) in [5, 5.41) is 14.7. The van der Waals surface area contributed by atoms with Crippen LogP contribution in [-0.4, -0.2) is 37.3 Å². The van der Waals surface area contributed by atoms with Crippen molar-refractivity contribution in [3.8, 4) is 5.75 Å². The van der Waals surface area contributed by atoms with E-state index in [0.29, 0.717) is 25.3 Å². The minimum absolute atomic E-state index is 0.142. The number of hydrogen-bond donors (Lipinski definition) is 3. The average Bonchev–Trinajstić information content (AvgIpc) is 2.40. The molecule has 0 aliphatic heterocycles. The lowest BCUT2D eigenvalue weighted by Crippen LogP contribution is -2.42. The summed E-state index contributed by atoms with van der Waals surface area (Å²) in [5.41, 5.74) is 0.659. The maximum absolute atomic E-state index is 13.1. The lowest BCUT2D eigenvalue weighted by atomic mass is 10.2. The molecule has 1 amide bonds. The Morgan fingerprint density at radius 3 is 2.89 bits per heavy atom. The normalized spacial score (nSPS) is 12.2. The van der Waals surface area contributed by atoms with Gasteiger partial charge in [0, 0.05) is 20.2 Å². The highest BCUT2D eigenvalue weighted by Crippen LogP contribution is 2.15. The van der Waals surface area contributed by atoms with Gasteiger partial charge in [-0.2, -0.15) is 0 Å². The van der Waals surface area contributed by atoms with Gasteiger partial charge in [-0.15, -0.1) is 0 Å². The molecule has 0 aromatic heterocycles. The summed E-state index contributed by atoms with van der Waals surface area (Å²) < 4.78 is 17.9. The van der Waals surface area contributed by atoms with E-state index in [2.05, 4.69) is 10.6 Å². The largest absolute Gasteiger partial charge is 0.505 e. The molecule has 1 aromatic carbocycles. The van der Waals surface area contributed by atoms with Gasteiger partial charge < -0.3 is 20.5 Å². The zero-order chi connectivity index (χ0) is 14.3. The molecule has 0 saturated carbocycles. The van der Waals surface area contributed by atoms with Crippen molar-refractivity contribution < 1.29 is 19.0 Å². The number of aromatic hydroxyl groups is 1. The molecular weight excluding hydrogens is 251 g/mol. The Kier molecular flexibility index (Phi) is 6.24. The van der Waals surface area contributed by atoms with Gasteiger partial charge in [-0.05, 0) is 24.6 Å². The molecule has 0 aliphatic carbocycles. The van der Waals surface area contributed by atoms with Crippen LogP contribution in [0.4, 0.5) is 4.39 Å². The van der Waals surface area contributed by atoms with Gasteiger partial charge >= 0.3 is 0 Å². The van der Waals surface area contributed by atoms with Crippen LogP contribution in [0, 0.1) is 5.82 Å². The molecule has 0 aliphatic rings. The van der Waals surface area contributed by atoms with Gasteiger partial charge in [0.2, 0.25) is 5.91 Å². The van der Waals surface area contributed by atoms with Gasteiger partial charge in [-0.3, -0.25) is 4.79 Å². The van der Waals surface area contributed by atoms with Crippen molar-refractivity contribution in [1.82, 2.24) is 10.6 Å². The van der Waals surface area contributed by atoms with Gasteiger partial charge in [-0.1, -0.05) is 6.07 Å². The van der Waals surface area contributed by atoms with Crippen LogP contribution in [0.3, 0.4) is 0 Å². The predicted molar refractivity (Wildman–Crippen MR) is 69.3 cm³/mol. The Bertz CT molecular complexity index is 426. The molecule has 1 atom stereocenters. The second kappa shape index (κ2) is 7.70. The number of carbonyl (C=O) groups excluding carboxylic acids is 1. The third-order valence-corrected chi connectivity index (χ3v) is 2.62. The van der Waals surface area contributed by atoms with E-state index < -0.39 is 11.9 Å². The number of methoxy groups -OCH3 is 1. The van der Waals surface area contributed by atoms with Gasteiger partial charge in [0.15, 0.2) is 11.6 Å². The second-order valence-electron chi connectivity index (χ2n) is 4.17. The average molecular weight is 270 g/mol. The molecule has 106 valence electrons. The molecule has 3 N–H and O–H groups in total. The van der Waals surface area contributed by atoms with Crippen LogP contribution in [0.2, 0.25) is 0 Å². The number of nitrogens with one attached hydrogen (secondary N) is 2. The Morgan fingerprint density at radius 2 is 2.26 bits per heavy atom. The molecule has 1 unspecified atom stereocenters. The van der Waals surface area contributed by atoms with Crippen molar-refractivity contribution in [1.29, 1.82) is 0 Å². The van der Waals surface area contributed by atoms with Crippen LogP contribution >= 0.6 is 0 Å². The standard InChI is InChI=1S/C13H19FN2O3/c1-9(13(18)15-5-6-19-2)16-8-10-3-4-12(17)11(14)7-10/h3-4,7,9,16-17H,5-6,8H2,1-2H3,(H,15,18). The maximum Gasteiger partial charge on any atom is 0.236 e. The van der Waals surface area contributed by atoms with E-state index in [1.807, 2.05) is 0 Å². The summed E-state index contributed by atoms with van der Waals surface area (Å²) in [6.45, 7) is 2.98. The summed E-state index contributed by atoms with van der Waals surface area (Å²) in [6.07, 6.45) is 0. The van der Waals surface area contributed by atoms with Gasteiger partial charge in [-0.25, -0.2) is 4.39 Å². The van der Waals surface area contributed by atoms with Crippen LogP contribution in [0.25, 0.3) is 0 Å². The number of hydrogen-bond acceptors (Lipinski definition) is 4. The first-order valence-electron chi connectivity index (χ1n) is 6.02. The van der Waals surface area contributed by atoms with Gasteiger partial charge in [0.05, 0.1) is 12.6 Å². The Morgan fingerprint density at radius 1 is 1.53 bits per heavy atom. The fraction of sp³-hybridized carbons (Fsp3) is 0.462. The van der Waals surface area contributed by atoms with Gasteiger partial charge in [0.1, 0.15) is 0 Å². The fourth-order valence-electron chi connectivity index (χ4n) is 1.45. The molecule has 0 heterocycles. The first-order chi connectivity index (χ1) is 9.04. The summed E-state index contributed by atoms with van der Waals surface area (Å²) >= 11 is 0. The number of ether oxygens (including phenoxy) is 1. The third-order valence-electron chi connectivity index (χ3n) is 2.62. The van der Waals surface area contributed by atoms with Crippen LogP contribution < -0.4 is 10.6 Å². The second-order valence-corrected chi connectivity index (χ2v) is 4.17. The Labute approximate surface area is 111 Å². The fourth-order valence-corrected chi connectivity index (χ4v) is 1.45. The highest BCUT2D eigenvalue weighted by Gasteiger charge is 2.11. The number of phenolic OH excluding ortho intramolecular Hbond substituents is 1. The lowest BCUT2D eigenvalue weighted by Gasteiger charge is -2.14. The SMILES string of the molecule is COCCNC(=O)C(C)NCc1ccc(O)c(F)c1. The maximum atomic E-state index is 13.1. The number of amides is 1.